The highest BCUT2D eigenvalue weighted by atomic mass is 19.4. The Balaban J connectivity index is 1.67. The number of benzene rings is 1. The molecule has 0 radical (unpaired) electrons. The predicted molar refractivity (Wildman–Crippen MR) is 75.3 cm³/mol. The fourth-order valence-corrected chi connectivity index (χ4v) is 2.89. The van der Waals surface area contributed by atoms with Crippen molar-refractivity contribution < 1.29 is 27.5 Å². The predicted octanol–water partition coefficient (Wildman–Crippen LogP) is 1.62. The van der Waals surface area contributed by atoms with Crippen LogP contribution in [0.4, 0.5) is 18.9 Å². The van der Waals surface area contributed by atoms with Crippen LogP contribution >= 0.6 is 0 Å². The fourth-order valence-electron chi connectivity index (χ4n) is 2.89. The molecule has 23 heavy (non-hydrogen) atoms. The maximum Gasteiger partial charge on any atom is 0.422 e. The average Bonchev–Trinajstić information content (AvgIpc) is 2.83. The molecule has 2 fully saturated rings. The highest BCUT2D eigenvalue weighted by Crippen LogP contribution is 2.27. The minimum atomic E-state index is -4.39. The van der Waals surface area contributed by atoms with Crippen molar-refractivity contribution in [3.8, 4) is 5.75 Å². The number of carbonyl (C=O) groups excluding carboxylic acids is 2. The Hall–Kier alpha value is -2.09. The van der Waals surface area contributed by atoms with Gasteiger partial charge in [0.1, 0.15) is 11.5 Å². The maximum absolute atomic E-state index is 12.2. The van der Waals surface area contributed by atoms with Gasteiger partial charge in [-0.05, 0) is 24.3 Å². The molecule has 1 aromatic carbocycles. The second kappa shape index (κ2) is 5.84. The van der Waals surface area contributed by atoms with Gasteiger partial charge in [-0.2, -0.15) is 13.2 Å². The zero-order valence-corrected chi connectivity index (χ0v) is 12.2. The number of halogens is 3. The van der Waals surface area contributed by atoms with Gasteiger partial charge in [0.05, 0.1) is 13.1 Å². The molecule has 5 nitrogen and oxygen atoms in total. The number of anilines is 1. The Bertz CT molecular complexity index is 615. The van der Waals surface area contributed by atoms with E-state index in [1.807, 2.05) is 4.90 Å². The van der Waals surface area contributed by atoms with Crippen LogP contribution < -0.4 is 9.64 Å². The number of nitrogens with zero attached hydrogens (tertiary/aromatic N) is 2. The van der Waals surface area contributed by atoms with Crippen molar-refractivity contribution in [1.29, 1.82) is 0 Å². The molecule has 0 aliphatic carbocycles. The van der Waals surface area contributed by atoms with Crippen LogP contribution in [0.15, 0.2) is 24.3 Å². The molecule has 0 saturated carbocycles. The molecule has 124 valence electrons. The van der Waals surface area contributed by atoms with Gasteiger partial charge < -0.3 is 9.64 Å². The second-order valence-corrected chi connectivity index (χ2v) is 5.70. The van der Waals surface area contributed by atoms with Crippen LogP contribution in [-0.4, -0.2) is 55.0 Å². The van der Waals surface area contributed by atoms with Gasteiger partial charge in [0.15, 0.2) is 6.61 Å². The SMILES string of the molecule is O=C1CC2CN(c3ccc(OCC(F)(F)F)cc3)C(=O)CN2C1. The van der Waals surface area contributed by atoms with Gasteiger partial charge in [-0.15, -0.1) is 0 Å². The summed E-state index contributed by atoms with van der Waals surface area (Å²) in [6.45, 7) is -0.446. The van der Waals surface area contributed by atoms with Crippen LogP contribution in [0, 0.1) is 0 Å². The second-order valence-electron chi connectivity index (χ2n) is 5.70. The number of rotatable bonds is 3. The van der Waals surface area contributed by atoms with Gasteiger partial charge in [-0.1, -0.05) is 0 Å². The van der Waals surface area contributed by atoms with Crippen molar-refractivity contribution in [1.82, 2.24) is 4.90 Å². The minimum Gasteiger partial charge on any atom is -0.484 e. The van der Waals surface area contributed by atoms with E-state index in [1.54, 1.807) is 17.0 Å². The summed E-state index contributed by atoms with van der Waals surface area (Å²) >= 11 is 0. The molecule has 0 bridgehead atoms. The van der Waals surface area contributed by atoms with E-state index in [0.29, 0.717) is 25.2 Å². The van der Waals surface area contributed by atoms with Crippen molar-refractivity contribution in [2.75, 3.05) is 31.1 Å². The van der Waals surface area contributed by atoms with Crippen LogP contribution in [0.5, 0.6) is 5.75 Å². The molecule has 8 heteroatoms. The molecule has 2 aliphatic rings. The van der Waals surface area contributed by atoms with Crippen molar-refractivity contribution in [3.05, 3.63) is 24.3 Å². The Morgan fingerprint density at radius 2 is 1.83 bits per heavy atom. The topological polar surface area (TPSA) is 49.9 Å². The molecule has 2 aliphatic heterocycles. The number of alkyl halides is 3. The van der Waals surface area contributed by atoms with E-state index < -0.39 is 12.8 Å². The summed E-state index contributed by atoms with van der Waals surface area (Å²) < 4.78 is 41.0. The van der Waals surface area contributed by atoms with E-state index in [9.17, 15) is 22.8 Å². The summed E-state index contributed by atoms with van der Waals surface area (Å²) in [4.78, 5) is 27.1. The maximum atomic E-state index is 12.2. The van der Waals surface area contributed by atoms with Crippen molar-refractivity contribution >= 4 is 17.4 Å². The van der Waals surface area contributed by atoms with Crippen LogP contribution in [0.1, 0.15) is 6.42 Å². The molecule has 0 N–H and O–H groups in total. The van der Waals surface area contributed by atoms with Crippen LogP contribution in [0.3, 0.4) is 0 Å². The molecular formula is C15H15F3N2O3. The van der Waals surface area contributed by atoms with E-state index in [0.717, 1.165) is 0 Å². The molecule has 1 amide bonds. The number of amides is 1. The Morgan fingerprint density at radius 3 is 2.48 bits per heavy atom. The minimum absolute atomic E-state index is 0.0151. The van der Waals surface area contributed by atoms with E-state index in [4.69, 9.17) is 0 Å². The van der Waals surface area contributed by atoms with Crippen LogP contribution in [0.2, 0.25) is 0 Å². The van der Waals surface area contributed by atoms with E-state index in [-0.39, 0.29) is 30.0 Å². The molecule has 2 heterocycles. The summed E-state index contributed by atoms with van der Waals surface area (Å²) in [6, 6.07) is 5.93. The number of fused-ring (bicyclic) bond motifs is 1. The molecular weight excluding hydrogens is 313 g/mol. The molecule has 0 spiro atoms. The number of hydrogen-bond acceptors (Lipinski definition) is 4. The first kappa shape index (κ1) is 15.8. The summed E-state index contributed by atoms with van der Waals surface area (Å²) in [5.74, 6) is 0.0914. The lowest BCUT2D eigenvalue weighted by Gasteiger charge is -2.36. The molecule has 1 aromatic rings. The van der Waals surface area contributed by atoms with Gasteiger partial charge in [-0.25, -0.2) is 0 Å². The van der Waals surface area contributed by atoms with Gasteiger partial charge in [0.25, 0.3) is 0 Å². The third kappa shape index (κ3) is 3.64. The van der Waals surface area contributed by atoms with Crippen molar-refractivity contribution in [2.24, 2.45) is 0 Å². The number of piperazine rings is 1. The van der Waals surface area contributed by atoms with Crippen molar-refractivity contribution in [2.45, 2.75) is 18.6 Å². The average molecular weight is 328 g/mol. The normalized spacial score (nSPS) is 22.4. The van der Waals surface area contributed by atoms with Crippen LogP contribution in [-0.2, 0) is 9.59 Å². The zero-order chi connectivity index (χ0) is 16.6. The lowest BCUT2D eigenvalue weighted by Crippen LogP contribution is -2.53. The summed E-state index contributed by atoms with van der Waals surface area (Å²) in [6.07, 6.45) is -3.96. The lowest BCUT2D eigenvalue weighted by molar-refractivity contribution is -0.153. The number of ether oxygens (including phenoxy) is 1. The molecule has 0 aromatic heterocycles. The van der Waals surface area contributed by atoms with Gasteiger partial charge in [0.2, 0.25) is 5.91 Å². The smallest absolute Gasteiger partial charge is 0.422 e. The summed E-state index contributed by atoms with van der Waals surface area (Å²) in [5, 5.41) is 0. The van der Waals surface area contributed by atoms with Gasteiger partial charge in [-0.3, -0.25) is 14.5 Å². The Kier molecular flexibility index (Phi) is 4.01. The standard InChI is InChI=1S/C15H15F3N2O3/c16-15(17,18)9-23-13-3-1-10(2-4-13)20-6-11-5-12(21)7-19(11)8-14(20)22/h1-4,11H,5-9H2. The van der Waals surface area contributed by atoms with E-state index >= 15 is 0 Å². The number of ketones is 1. The highest BCUT2D eigenvalue weighted by molar-refractivity contribution is 5.97. The molecule has 1 unspecified atom stereocenters. The molecule has 2 saturated heterocycles. The first-order valence-corrected chi connectivity index (χ1v) is 7.17. The fraction of sp³-hybridized carbons (Fsp3) is 0.467. The van der Waals surface area contributed by atoms with Crippen LogP contribution in [0.25, 0.3) is 0 Å². The lowest BCUT2D eigenvalue weighted by atomic mass is 10.1. The first-order valence-electron chi connectivity index (χ1n) is 7.17. The number of hydrogen-bond donors (Lipinski definition) is 0. The Morgan fingerprint density at radius 1 is 1.13 bits per heavy atom. The molecule has 3 rings (SSSR count). The number of carbonyl (C=O) groups is 2. The highest BCUT2D eigenvalue weighted by Gasteiger charge is 2.39. The van der Waals surface area contributed by atoms with Crippen molar-refractivity contribution in [3.63, 3.8) is 0 Å². The monoisotopic (exact) mass is 328 g/mol. The Labute approximate surface area is 130 Å². The van der Waals surface area contributed by atoms with Gasteiger partial charge >= 0.3 is 6.18 Å². The quantitative estimate of drug-likeness (QED) is 0.846. The zero-order valence-electron chi connectivity index (χ0n) is 12.2. The summed E-state index contributed by atoms with van der Waals surface area (Å²) in [5.41, 5.74) is 0.591. The number of Topliss-reactive ketones (excluding diaryl/α,β-unsaturated/α-hetero) is 1. The third-order valence-electron chi connectivity index (χ3n) is 3.94. The molecule has 1 atom stereocenters. The largest absolute Gasteiger partial charge is 0.484 e. The third-order valence-corrected chi connectivity index (χ3v) is 3.94. The van der Waals surface area contributed by atoms with E-state index in [2.05, 4.69) is 4.74 Å². The first-order chi connectivity index (χ1) is 10.8. The van der Waals surface area contributed by atoms with E-state index in [1.165, 1.54) is 12.1 Å². The van der Waals surface area contributed by atoms with Gasteiger partial charge in [0, 0.05) is 24.7 Å². The summed E-state index contributed by atoms with van der Waals surface area (Å²) in [7, 11) is 0.